The Labute approximate surface area is 189 Å². The first-order chi connectivity index (χ1) is 15.8. The van der Waals surface area contributed by atoms with Crippen LogP contribution in [-0.2, 0) is 17.1 Å². The lowest BCUT2D eigenvalue weighted by Crippen LogP contribution is -2.27. The molecule has 182 valence electrons. The van der Waals surface area contributed by atoms with Crippen molar-refractivity contribution in [1.29, 1.82) is 0 Å². The van der Waals surface area contributed by atoms with Gasteiger partial charge in [-0.25, -0.2) is 4.39 Å². The van der Waals surface area contributed by atoms with E-state index in [0.29, 0.717) is 43.8 Å². The number of rotatable bonds is 4. The van der Waals surface area contributed by atoms with Gasteiger partial charge in [-0.1, -0.05) is 6.07 Å². The van der Waals surface area contributed by atoms with E-state index in [1.165, 1.54) is 12.1 Å². The van der Waals surface area contributed by atoms with Gasteiger partial charge in [-0.2, -0.15) is 26.3 Å². The number of nitrogens with zero attached hydrogens (tertiary/aromatic N) is 1. The topological polar surface area (TPSA) is 49.8 Å². The standard InChI is InChI=1S/C23H18F7NO3/c24-19-6-14(16-2-1-15(22(25,26)27)8-18(16)23(28,29)30)7-20-17(19)5-12(11-34-20)9-31-4-3-13(10-31)21(32)33/h1-2,5-8,13H,3-4,9-11H2,(H,32,33). The molecule has 1 fully saturated rings. The van der Waals surface area contributed by atoms with Gasteiger partial charge in [-0.3, -0.25) is 9.69 Å². The summed E-state index contributed by atoms with van der Waals surface area (Å²) in [6.45, 7) is 1.26. The number of fused-ring (bicyclic) bond motifs is 1. The maximum absolute atomic E-state index is 14.9. The third kappa shape index (κ3) is 4.89. The molecule has 2 heterocycles. The number of hydrogen-bond acceptors (Lipinski definition) is 3. The Morgan fingerprint density at radius 3 is 2.44 bits per heavy atom. The van der Waals surface area contributed by atoms with Gasteiger partial charge in [0.05, 0.1) is 22.6 Å². The molecule has 0 saturated carbocycles. The predicted molar refractivity (Wildman–Crippen MR) is 107 cm³/mol. The van der Waals surface area contributed by atoms with Crippen LogP contribution in [-0.4, -0.2) is 42.2 Å². The zero-order valence-corrected chi connectivity index (χ0v) is 17.4. The molecule has 1 saturated heterocycles. The van der Waals surface area contributed by atoms with Crippen LogP contribution in [0.1, 0.15) is 23.1 Å². The van der Waals surface area contributed by atoms with Crippen LogP contribution in [0.3, 0.4) is 0 Å². The highest BCUT2D eigenvalue weighted by molar-refractivity contribution is 5.75. The van der Waals surface area contributed by atoms with Crippen LogP contribution >= 0.6 is 0 Å². The van der Waals surface area contributed by atoms with E-state index in [1.807, 2.05) is 4.90 Å². The minimum absolute atomic E-state index is 0.00594. The number of halogens is 7. The number of benzene rings is 2. The fourth-order valence-electron chi connectivity index (χ4n) is 4.19. The molecule has 34 heavy (non-hydrogen) atoms. The van der Waals surface area contributed by atoms with Crippen LogP contribution in [0.25, 0.3) is 17.2 Å². The van der Waals surface area contributed by atoms with Crippen molar-refractivity contribution < 1.29 is 45.4 Å². The van der Waals surface area contributed by atoms with Gasteiger partial charge in [0.1, 0.15) is 18.2 Å². The number of ether oxygens (including phenoxy) is 1. The zero-order chi connectivity index (χ0) is 24.8. The minimum Gasteiger partial charge on any atom is -0.488 e. The normalized spacial score (nSPS) is 18.9. The van der Waals surface area contributed by atoms with Crippen LogP contribution in [0.15, 0.2) is 35.9 Å². The number of alkyl halides is 6. The number of carbonyl (C=O) groups is 1. The molecule has 0 spiro atoms. The lowest BCUT2D eigenvalue weighted by molar-refractivity contribution is -0.143. The van der Waals surface area contributed by atoms with E-state index in [-0.39, 0.29) is 29.5 Å². The smallest absolute Gasteiger partial charge is 0.417 e. The van der Waals surface area contributed by atoms with Gasteiger partial charge < -0.3 is 9.84 Å². The minimum atomic E-state index is -5.10. The van der Waals surface area contributed by atoms with Crippen LogP contribution in [0.4, 0.5) is 30.7 Å². The molecule has 11 heteroatoms. The molecule has 2 aromatic carbocycles. The zero-order valence-electron chi connectivity index (χ0n) is 17.4. The summed E-state index contributed by atoms with van der Waals surface area (Å²) in [6.07, 6.45) is -8.07. The highest BCUT2D eigenvalue weighted by atomic mass is 19.4. The quantitative estimate of drug-likeness (QED) is 0.559. The first-order valence-electron chi connectivity index (χ1n) is 10.2. The van der Waals surface area contributed by atoms with E-state index in [2.05, 4.69) is 0 Å². The molecule has 0 bridgehead atoms. The molecular formula is C23H18F7NO3. The molecule has 1 atom stereocenters. The van der Waals surface area contributed by atoms with Crippen molar-refractivity contribution in [3.05, 3.63) is 58.4 Å². The summed E-state index contributed by atoms with van der Waals surface area (Å²) in [6, 6.07) is 3.19. The van der Waals surface area contributed by atoms with Crippen LogP contribution in [0, 0.1) is 11.7 Å². The molecule has 2 aliphatic heterocycles. The van der Waals surface area contributed by atoms with Crippen molar-refractivity contribution in [3.63, 3.8) is 0 Å². The average molecular weight is 489 g/mol. The Kier molecular flexibility index (Phi) is 6.09. The number of hydrogen-bond donors (Lipinski definition) is 1. The number of carboxylic acids is 1. The van der Waals surface area contributed by atoms with Crippen molar-refractivity contribution in [3.8, 4) is 16.9 Å². The van der Waals surface area contributed by atoms with Gasteiger partial charge in [0.15, 0.2) is 0 Å². The molecule has 0 aromatic heterocycles. The Hall–Kier alpha value is -3.08. The maximum atomic E-state index is 14.9. The summed E-state index contributed by atoms with van der Waals surface area (Å²) in [5.74, 6) is -2.29. The summed E-state index contributed by atoms with van der Waals surface area (Å²) in [7, 11) is 0. The lowest BCUT2D eigenvalue weighted by atomic mass is 9.94. The second-order valence-corrected chi connectivity index (χ2v) is 8.28. The molecule has 1 unspecified atom stereocenters. The third-order valence-corrected chi connectivity index (χ3v) is 5.86. The number of carboxylic acid groups (broad SMARTS) is 1. The van der Waals surface area contributed by atoms with E-state index in [0.717, 1.165) is 6.07 Å². The summed E-state index contributed by atoms with van der Waals surface area (Å²) in [5.41, 5.74) is -3.18. The second kappa shape index (κ2) is 8.61. The van der Waals surface area contributed by atoms with Gasteiger partial charge in [0, 0.05) is 13.1 Å². The molecule has 0 aliphatic carbocycles. The van der Waals surface area contributed by atoms with Crippen molar-refractivity contribution in [2.45, 2.75) is 18.8 Å². The molecule has 1 N–H and O–H groups in total. The van der Waals surface area contributed by atoms with Crippen molar-refractivity contribution in [1.82, 2.24) is 4.90 Å². The molecule has 0 radical (unpaired) electrons. The first-order valence-corrected chi connectivity index (χ1v) is 10.2. The summed E-state index contributed by atoms with van der Waals surface area (Å²) < 4.78 is 99.8. The van der Waals surface area contributed by atoms with Crippen molar-refractivity contribution in [2.75, 3.05) is 26.2 Å². The molecule has 4 rings (SSSR count). The Morgan fingerprint density at radius 1 is 1.09 bits per heavy atom. The summed E-state index contributed by atoms with van der Waals surface area (Å²) >= 11 is 0. The average Bonchev–Trinajstić information content (AvgIpc) is 3.21. The molecule has 0 amide bonds. The Morgan fingerprint density at radius 2 is 1.82 bits per heavy atom. The SMILES string of the molecule is O=C(O)C1CCN(CC2=Cc3c(F)cc(-c4ccc(C(F)(F)F)cc4C(F)(F)F)cc3OC2)C1. The highest BCUT2D eigenvalue weighted by Crippen LogP contribution is 2.43. The summed E-state index contributed by atoms with van der Waals surface area (Å²) in [5, 5.41) is 9.11. The largest absolute Gasteiger partial charge is 0.488 e. The van der Waals surface area contributed by atoms with Crippen molar-refractivity contribution >= 4 is 12.0 Å². The third-order valence-electron chi connectivity index (χ3n) is 5.86. The number of aliphatic carboxylic acids is 1. The molecule has 2 aliphatic rings. The predicted octanol–water partition coefficient (Wildman–Crippen LogP) is 5.71. The van der Waals surface area contributed by atoms with E-state index < -0.39 is 46.7 Å². The molecule has 2 aromatic rings. The summed E-state index contributed by atoms with van der Waals surface area (Å²) in [4.78, 5) is 13.0. The maximum Gasteiger partial charge on any atom is 0.417 e. The Balaban J connectivity index is 1.65. The molecular weight excluding hydrogens is 471 g/mol. The van der Waals surface area contributed by atoms with Gasteiger partial charge in [-0.15, -0.1) is 0 Å². The second-order valence-electron chi connectivity index (χ2n) is 8.28. The van der Waals surface area contributed by atoms with E-state index in [9.17, 15) is 35.5 Å². The first kappa shape index (κ1) is 24.1. The lowest BCUT2D eigenvalue weighted by Gasteiger charge is -2.23. The van der Waals surface area contributed by atoms with Gasteiger partial charge >= 0.3 is 18.3 Å². The fraction of sp³-hybridized carbons (Fsp3) is 0.348. The fourth-order valence-corrected chi connectivity index (χ4v) is 4.19. The van der Waals surface area contributed by atoms with E-state index in [4.69, 9.17) is 9.84 Å². The van der Waals surface area contributed by atoms with Gasteiger partial charge in [0.2, 0.25) is 0 Å². The Bertz CT molecular complexity index is 1150. The van der Waals surface area contributed by atoms with E-state index in [1.54, 1.807) is 0 Å². The highest BCUT2D eigenvalue weighted by Gasteiger charge is 2.38. The van der Waals surface area contributed by atoms with E-state index >= 15 is 0 Å². The van der Waals surface area contributed by atoms with Gasteiger partial charge in [-0.05, 0) is 60.0 Å². The van der Waals surface area contributed by atoms with Gasteiger partial charge in [0.25, 0.3) is 0 Å². The number of likely N-dealkylation sites (tertiary alicyclic amines) is 1. The monoisotopic (exact) mass is 489 g/mol. The molecule has 4 nitrogen and oxygen atoms in total. The van der Waals surface area contributed by atoms with Crippen LogP contribution in [0.5, 0.6) is 5.75 Å². The van der Waals surface area contributed by atoms with Crippen LogP contribution < -0.4 is 4.74 Å². The van der Waals surface area contributed by atoms with Crippen LogP contribution in [0.2, 0.25) is 0 Å². The van der Waals surface area contributed by atoms with Crippen molar-refractivity contribution in [2.24, 2.45) is 5.92 Å².